The molecule has 7 heteroatoms. The van der Waals surface area contributed by atoms with E-state index >= 15 is 0 Å². The monoisotopic (exact) mass is 464 g/mol. The smallest absolute Gasteiger partial charge is 0.315 e. The summed E-state index contributed by atoms with van der Waals surface area (Å²) >= 11 is 0. The second-order valence-electron chi connectivity index (χ2n) is 11.0. The summed E-state index contributed by atoms with van der Waals surface area (Å²) in [6, 6.07) is 1.11. The highest BCUT2D eigenvalue weighted by Gasteiger charge is 2.43. The fourth-order valence-electron chi connectivity index (χ4n) is 3.98. The number of rotatable bonds is 17. The summed E-state index contributed by atoms with van der Waals surface area (Å²) in [4.78, 5) is 0. The van der Waals surface area contributed by atoms with Crippen LogP contribution in [-0.2, 0) is 12.3 Å². The number of hydrogen-bond acceptors (Lipinski definition) is 3. The van der Waals surface area contributed by atoms with Crippen molar-refractivity contribution in [3.8, 4) is 0 Å². The molecule has 0 radical (unpaired) electrons. The molecule has 0 amide bonds. The average Bonchev–Trinajstić information content (AvgIpc) is 2.43. The van der Waals surface area contributed by atoms with E-state index in [0.717, 1.165) is 6.04 Å². The third kappa shape index (κ3) is 17.6. The van der Waals surface area contributed by atoms with E-state index in [-0.39, 0.29) is 0 Å². The highest BCUT2D eigenvalue weighted by atomic mass is 28.5. The molecule has 1 atom stereocenters. The van der Waals surface area contributed by atoms with E-state index < -0.39 is 33.8 Å². The van der Waals surface area contributed by atoms with Gasteiger partial charge in [0.1, 0.15) is 0 Å². The first kappa shape index (κ1) is 28.7. The molecule has 0 saturated heterocycles. The van der Waals surface area contributed by atoms with Crippen LogP contribution in [0, 0.1) is 0 Å². The van der Waals surface area contributed by atoms with Gasteiger partial charge in [0, 0.05) is 0 Å². The van der Waals surface area contributed by atoms with Crippen molar-refractivity contribution in [1.82, 2.24) is 0 Å². The molecule has 0 heterocycles. The third-order valence-corrected chi connectivity index (χ3v) is 18.1. The number of unbranched alkanes of at least 4 members (excludes halogenated alkanes) is 9. The molecule has 0 aromatic carbocycles. The number of hydrogen-bond donors (Lipinski definition) is 0. The van der Waals surface area contributed by atoms with Gasteiger partial charge in [0.05, 0.1) is 0 Å². The standard InChI is InChI=1S/C21H52O3Si4/c1-11-12-13-14-15-16-17-18-19-20-21-28(10,23-26(5,6)7)24-27(8,9)22-25(2,3)4/h11-21H2,1-10H3. The Morgan fingerprint density at radius 2 is 0.857 bits per heavy atom. The summed E-state index contributed by atoms with van der Waals surface area (Å²) in [5.41, 5.74) is 0. The van der Waals surface area contributed by atoms with E-state index in [0.29, 0.717) is 0 Å². The summed E-state index contributed by atoms with van der Waals surface area (Å²) in [5, 5.41) is 0. The van der Waals surface area contributed by atoms with Crippen LogP contribution in [0.5, 0.6) is 0 Å². The van der Waals surface area contributed by atoms with Gasteiger partial charge in [-0.15, -0.1) is 0 Å². The SMILES string of the molecule is CCCCCCCCCCCC[Si](C)(O[Si](C)(C)C)O[Si](C)(C)O[Si](C)(C)C. The molecule has 0 aliphatic heterocycles. The van der Waals surface area contributed by atoms with Crippen molar-refractivity contribution in [2.45, 2.75) is 136 Å². The van der Waals surface area contributed by atoms with Gasteiger partial charge in [0.2, 0.25) is 0 Å². The Morgan fingerprint density at radius 1 is 0.464 bits per heavy atom. The summed E-state index contributed by atoms with van der Waals surface area (Å²) in [5.74, 6) is 0. The Morgan fingerprint density at radius 3 is 1.25 bits per heavy atom. The molecule has 0 aliphatic rings. The van der Waals surface area contributed by atoms with Crippen LogP contribution in [0.15, 0.2) is 0 Å². The van der Waals surface area contributed by atoms with Gasteiger partial charge < -0.3 is 12.3 Å². The van der Waals surface area contributed by atoms with Crippen LogP contribution in [0.25, 0.3) is 0 Å². The summed E-state index contributed by atoms with van der Waals surface area (Å²) < 4.78 is 19.9. The molecule has 170 valence electrons. The molecule has 0 rings (SSSR count). The predicted octanol–water partition coefficient (Wildman–Crippen LogP) is 8.40. The van der Waals surface area contributed by atoms with Crippen molar-refractivity contribution in [2.75, 3.05) is 0 Å². The third-order valence-electron chi connectivity index (χ3n) is 4.52. The van der Waals surface area contributed by atoms with Gasteiger partial charge in [-0.25, -0.2) is 0 Å². The lowest BCUT2D eigenvalue weighted by atomic mass is 10.1. The Bertz CT molecular complexity index is 405. The Balaban J connectivity index is 4.42. The first-order valence-corrected chi connectivity index (χ1v) is 23.9. The van der Waals surface area contributed by atoms with Crippen molar-refractivity contribution >= 4 is 33.8 Å². The topological polar surface area (TPSA) is 27.7 Å². The second kappa shape index (κ2) is 13.2. The second-order valence-corrected chi connectivity index (χ2v) is 27.5. The molecule has 0 aromatic heterocycles. The lowest BCUT2D eigenvalue weighted by Crippen LogP contribution is -2.56. The minimum Gasteiger partial charge on any atom is -0.437 e. The van der Waals surface area contributed by atoms with E-state index in [1.807, 2.05) is 0 Å². The lowest BCUT2D eigenvalue weighted by Gasteiger charge is -2.41. The lowest BCUT2D eigenvalue weighted by molar-refractivity contribution is 0.322. The van der Waals surface area contributed by atoms with Crippen LogP contribution in [0.3, 0.4) is 0 Å². The van der Waals surface area contributed by atoms with Crippen molar-refractivity contribution in [2.24, 2.45) is 0 Å². The van der Waals surface area contributed by atoms with Crippen LogP contribution in [0.4, 0.5) is 0 Å². The molecule has 0 N–H and O–H groups in total. The molecule has 0 aliphatic carbocycles. The summed E-state index contributed by atoms with van der Waals surface area (Å²) in [6.07, 6.45) is 13.7. The predicted molar refractivity (Wildman–Crippen MR) is 136 cm³/mol. The van der Waals surface area contributed by atoms with Gasteiger partial charge in [-0.05, 0) is 65.0 Å². The van der Waals surface area contributed by atoms with Crippen LogP contribution < -0.4 is 0 Å². The normalized spacial score (nSPS) is 15.6. The molecular formula is C21H52O3Si4. The highest BCUT2D eigenvalue weighted by Crippen LogP contribution is 2.28. The molecule has 0 spiro atoms. The van der Waals surface area contributed by atoms with E-state index in [1.165, 1.54) is 64.2 Å². The van der Waals surface area contributed by atoms with E-state index in [4.69, 9.17) is 12.3 Å². The minimum absolute atomic E-state index is 1.11. The van der Waals surface area contributed by atoms with Gasteiger partial charge in [-0.2, -0.15) is 0 Å². The maximum absolute atomic E-state index is 6.76. The van der Waals surface area contributed by atoms with Gasteiger partial charge in [0.25, 0.3) is 0 Å². The van der Waals surface area contributed by atoms with Gasteiger partial charge in [-0.1, -0.05) is 71.1 Å². The first-order valence-electron chi connectivity index (χ1n) is 11.8. The van der Waals surface area contributed by atoms with Gasteiger partial charge in [-0.3, -0.25) is 0 Å². The van der Waals surface area contributed by atoms with Crippen LogP contribution in [0.2, 0.25) is 65.0 Å². The first-order chi connectivity index (χ1) is 12.7. The summed E-state index contributed by atoms with van der Waals surface area (Å²) in [7, 11) is -7.58. The quantitative estimate of drug-likeness (QED) is 0.160. The van der Waals surface area contributed by atoms with Gasteiger partial charge in [0.15, 0.2) is 16.6 Å². The zero-order valence-corrected chi connectivity index (χ0v) is 25.0. The van der Waals surface area contributed by atoms with Crippen LogP contribution in [-0.4, -0.2) is 33.8 Å². The molecular weight excluding hydrogens is 413 g/mol. The average molecular weight is 465 g/mol. The molecule has 28 heavy (non-hydrogen) atoms. The van der Waals surface area contributed by atoms with Crippen molar-refractivity contribution in [3.05, 3.63) is 0 Å². The highest BCUT2D eigenvalue weighted by molar-refractivity contribution is 6.89. The molecule has 3 nitrogen and oxygen atoms in total. The molecule has 1 unspecified atom stereocenters. The fraction of sp³-hybridized carbons (Fsp3) is 1.00. The maximum Gasteiger partial charge on any atom is 0.315 e. The maximum atomic E-state index is 6.76. The van der Waals surface area contributed by atoms with Crippen LogP contribution in [0.1, 0.15) is 71.1 Å². The molecule has 0 aromatic rings. The van der Waals surface area contributed by atoms with E-state index in [1.54, 1.807) is 0 Å². The molecule has 0 bridgehead atoms. The van der Waals surface area contributed by atoms with Gasteiger partial charge >= 0.3 is 17.1 Å². The largest absolute Gasteiger partial charge is 0.437 e. The fourth-order valence-corrected chi connectivity index (χ4v) is 22.0. The molecule has 0 saturated carbocycles. The van der Waals surface area contributed by atoms with E-state index in [2.05, 4.69) is 65.8 Å². The van der Waals surface area contributed by atoms with Crippen molar-refractivity contribution in [3.63, 3.8) is 0 Å². The Labute approximate surface area is 182 Å². The molecule has 0 fully saturated rings. The zero-order valence-electron chi connectivity index (χ0n) is 21.0. The minimum atomic E-state index is -2.19. The summed E-state index contributed by atoms with van der Waals surface area (Å²) in [6.45, 7) is 22.6. The zero-order chi connectivity index (χ0) is 21.9. The van der Waals surface area contributed by atoms with Crippen molar-refractivity contribution < 1.29 is 12.3 Å². The van der Waals surface area contributed by atoms with Crippen LogP contribution >= 0.6 is 0 Å². The van der Waals surface area contributed by atoms with Crippen molar-refractivity contribution in [1.29, 1.82) is 0 Å². The Hall–Kier alpha value is 0.748. The Kier molecular flexibility index (Phi) is 13.6. The van der Waals surface area contributed by atoms with E-state index in [9.17, 15) is 0 Å².